The third-order valence-electron chi connectivity index (χ3n) is 5.23. The lowest BCUT2D eigenvalue weighted by atomic mass is 10.1. The molecule has 0 spiro atoms. The minimum Gasteiger partial charge on any atom is -0.497 e. The molecular formula is C22H22F4N6O2. The van der Waals surface area contributed by atoms with E-state index in [0.29, 0.717) is 22.7 Å². The van der Waals surface area contributed by atoms with Gasteiger partial charge in [0.05, 0.1) is 44.4 Å². The molecule has 1 unspecified atom stereocenters. The molecule has 1 aliphatic heterocycles. The van der Waals surface area contributed by atoms with Gasteiger partial charge >= 0.3 is 6.18 Å². The van der Waals surface area contributed by atoms with Gasteiger partial charge in [0.25, 0.3) is 0 Å². The lowest BCUT2D eigenvalue weighted by molar-refractivity contribution is -0.132. The Morgan fingerprint density at radius 3 is 2.59 bits per heavy atom. The molecule has 4 rings (SSSR count). The monoisotopic (exact) mass is 478 g/mol. The molecule has 0 amide bonds. The van der Waals surface area contributed by atoms with Gasteiger partial charge in [0.15, 0.2) is 17.4 Å². The van der Waals surface area contributed by atoms with E-state index in [4.69, 9.17) is 9.47 Å². The Balaban J connectivity index is 1.73. The maximum absolute atomic E-state index is 14.9. The molecule has 1 atom stereocenters. The highest BCUT2D eigenvalue weighted by Crippen LogP contribution is 2.34. The molecule has 1 aromatic carbocycles. The fourth-order valence-corrected chi connectivity index (χ4v) is 3.55. The van der Waals surface area contributed by atoms with Gasteiger partial charge in [0.2, 0.25) is 0 Å². The fourth-order valence-electron chi connectivity index (χ4n) is 3.55. The van der Waals surface area contributed by atoms with E-state index in [2.05, 4.69) is 20.4 Å². The molecule has 0 fully saturated rings. The zero-order valence-corrected chi connectivity index (χ0v) is 18.6. The first-order valence-electron chi connectivity index (χ1n) is 10.2. The summed E-state index contributed by atoms with van der Waals surface area (Å²) < 4.78 is 66.2. The molecule has 34 heavy (non-hydrogen) atoms. The van der Waals surface area contributed by atoms with Crippen LogP contribution in [0.2, 0.25) is 0 Å². The zero-order chi connectivity index (χ0) is 24.5. The van der Waals surface area contributed by atoms with Crippen LogP contribution in [0.5, 0.6) is 11.5 Å². The molecule has 2 aromatic heterocycles. The van der Waals surface area contributed by atoms with Crippen molar-refractivity contribution in [3.05, 3.63) is 48.3 Å². The van der Waals surface area contributed by atoms with E-state index in [1.807, 2.05) is 0 Å². The highest BCUT2D eigenvalue weighted by Gasteiger charge is 2.33. The predicted molar refractivity (Wildman–Crippen MR) is 118 cm³/mol. The number of nitrogens with zero attached hydrogens (tertiary/aromatic N) is 5. The van der Waals surface area contributed by atoms with Crippen LogP contribution in [0.4, 0.5) is 29.1 Å². The van der Waals surface area contributed by atoms with Crippen molar-refractivity contribution in [2.75, 3.05) is 31.0 Å². The summed E-state index contributed by atoms with van der Waals surface area (Å²) in [5, 5.41) is 7.04. The lowest BCUT2D eigenvalue weighted by Gasteiger charge is -2.35. The number of rotatable bonds is 7. The number of hydrogen-bond acceptors (Lipinski definition) is 7. The topological polar surface area (TPSA) is 77.3 Å². The van der Waals surface area contributed by atoms with Crippen LogP contribution < -0.4 is 19.7 Å². The molecular weight excluding hydrogens is 456 g/mol. The molecule has 8 nitrogen and oxygen atoms in total. The smallest absolute Gasteiger partial charge is 0.390 e. The number of anilines is 2. The summed E-state index contributed by atoms with van der Waals surface area (Å²) in [5.41, 5.74) is 1.52. The summed E-state index contributed by atoms with van der Waals surface area (Å²) in [6, 6.07) is 2.78. The van der Waals surface area contributed by atoms with Crippen molar-refractivity contribution in [2.45, 2.75) is 18.8 Å². The van der Waals surface area contributed by atoms with E-state index in [1.165, 1.54) is 37.4 Å². The summed E-state index contributed by atoms with van der Waals surface area (Å²) in [4.78, 5) is 10.3. The number of benzene rings is 1. The number of aromatic nitrogens is 4. The van der Waals surface area contributed by atoms with E-state index in [9.17, 15) is 17.6 Å². The van der Waals surface area contributed by atoms with Crippen LogP contribution in [-0.2, 0) is 7.05 Å². The van der Waals surface area contributed by atoms with Crippen molar-refractivity contribution in [2.24, 2.45) is 7.05 Å². The van der Waals surface area contributed by atoms with Crippen molar-refractivity contribution >= 4 is 17.6 Å². The second-order valence-electron chi connectivity index (χ2n) is 7.56. The summed E-state index contributed by atoms with van der Waals surface area (Å²) in [6.45, 7) is -0.424. The largest absolute Gasteiger partial charge is 0.497 e. The Morgan fingerprint density at radius 2 is 1.94 bits per heavy atom. The summed E-state index contributed by atoms with van der Waals surface area (Å²) in [7, 11) is 4.46. The molecule has 3 heterocycles. The molecule has 0 saturated carbocycles. The molecule has 180 valence electrons. The van der Waals surface area contributed by atoms with Crippen molar-refractivity contribution < 1.29 is 27.0 Å². The van der Waals surface area contributed by atoms with Gasteiger partial charge in [-0.2, -0.15) is 18.3 Å². The fraction of sp³-hybridized carbons (Fsp3) is 0.318. The number of halogens is 4. The maximum Gasteiger partial charge on any atom is 0.390 e. The third kappa shape index (κ3) is 4.90. The van der Waals surface area contributed by atoms with Crippen LogP contribution in [0, 0.1) is 5.82 Å². The average molecular weight is 478 g/mol. The van der Waals surface area contributed by atoms with Gasteiger partial charge in [-0.15, -0.1) is 0 Å². The molecule has 12 heteroatoms. The standard InChI is InChI=1S/C22H22F4N6O2/c1-31-12-13(10-28-31)17-11-27-15-4-5-19(32(21(15)30-17)7-6-22(24,25)26)29-16-8-14(33-2)9-18(34-3)20(16)23/h4-5,8-12,19,29H,6-7H2,1-3H3. The number of ether oxygens (including phenoxy) is 2. The SMILES string of the molecule is COc1cc(NC2C=Cc3ncc(-c4cnn(C)c4)nc3N2CCC(F)(F)F)c(F)c(OC)c1. The highest BCUT2D eigenvalue weighted by atomic mass is 19.4. The van der Waals surface area contributed by atoms with Crippen molar-refractivity contribution in [1.82, 2.24) is 19.7 Å². The Labute approximate surface area is 192 Å². The number of fused-ring (bicyclic) bond motifs is 1. The van der Waals surface area contributed by atoms with E-state index in [0.717, 1.165) is 0 Å². The second kappa shape index (κ2) is 9.20. The molecule has 1 N–H and O–H groups in total. The van der Waals surface area contributed by atoms with E-state index in [1.54, 1.807) is 36.3 Å². The van der Waals surface area contributed by atoms with Gasteiger partial charge in [0, 0.05) is 37.5 Å². The quantitative estimate of drug-likeness (QED) is 0.509. The second-order valence-corrected chi connectivity index (χ2v) is 7.56. The van der Waals surface area contributed by atoms with Crippen LogP contribution in [0.25, 0.3) is 17.3 Å². The van der Waals surface area contributed by atoms with Gasteiger partial charge in [-0.1, -0.05) is 0 Å². The molecule has 0 bridgehead atoms. The Hall–Kier alpha value is -3.83. The average Bonchev–Trinajstić information content (AvgIpc) is 3.24. The van der Waals surface area contributed by atoms with Gasteiger partial charge in [-0.25, -0.2) is 9.37 Å². The lowest BCUT2D eigenvalue weighted by Crippen LogP contribution is -2.44. The van der Waals surface area contributed by atoms with Crippen LogP contribution >= 0.6 is 0 Å². The van der Waals surface area contributed by atoms with E-state index >= 15 is 0 Å². The van der Waals surface area contributed by atoms with E-state index in [-0.39, 0.29) is 17.3 Å². The highest BCUT2D eigenvalue weighted by molar-refractivity contribution is 5.71. The first kappa shape index (κ1) is 23.3. The normalized spacial score (nSPS) is 15.3. The number of methoxy groups -OCH3 is 2. The first-order valence-corrected chi connectivity index (χ1v) is 10.2. The van der Waals surface area contributed by atoms with Gasteiger partial charge in [0.1, 0.15) is 17.6 Å². The van der Waals surface area contributed by atoms with Gasteiger partial charge in [-0.3, -0.25) is 9.67 Å². The minimum atomic E-state index is -4.40. The molecule has 3 aromatic rings. The number of nitrogens with one attached hydrogen (secondary N) is 1. The summed E-state index contributed by atoms with van der Waals surface area (Å²) >= 11 is 0. The Kier molecular flexibility index (Phi) is 6.31. The van der Waals surface area contributed by atoms with Crippen molar-refractivity contribution in [3.8, 4) is 22.8 Å². The Morgan fingerprint density at radius 1 is 1.15 bits per heavy atom. The molecule has 1 aliphatic rings. The first-order chi connectivity index (χ1) is 16.2. The van der Waals surface area contributed by atoms with Gasteiger partial charge < -0.3 is 19.7 Å². The number of aryl methyl sites for hydroxylation is 1. The van der Waals surface area contributed by atoms with E-state index < -0.39 is 31.1 Å². The van der Waals surface area contributed by atoms with Crippen LogP contribution in [0.1, 0.15) is 12.1 Å². The van der Waals surface area contributed by atoms with Crippen LogP contribution in [0.3, 0.4) is 0 Å². The maximum atomic E-state index is 14.9. The minimum absolute atomic E-state index is 0.00248. The summed E-state index contributed by atoms with van der Waals surface area (Å²) in [5.74, 6) is -0.210. The molecule has 0 aliphatic carbocycles. The zero-order valence-electron chi connectivity index (χ0n) is 18.6. The third-order valence-corrected chi connectivity index (χ3v) is 5.23. The number of hydrogen-bond donors (Lipinski definition) is 1. The van der Waals surface area contributed by atoms with Crippen LogP contribution in [0.15, 0.2) is 36.8 Å². The van der Waals surface area contributed by atoms with Crippen molar-refractivity contribution in [3.63, 3.8) is 0 Å². The number of alkyl halides is 3. The molecule has 0 radical (unpaired) electrons. The van der Waals surface area contributed by atoms with Crippen LogP contribution in [-0.4, -0.2) is 52.9 Å². The Bertz CT molecular complexity index is 1210. The van der Waals surface area contributed by atoms with Crippen molar-refractivity contribution in [1.29, 1.82) is 0 Å². The summed E-state index contributed by atoms with van der Waals surface area (Å²) in [6.07, 6.45) is 1.73. The predicted octanol–water partition coefficient (Wildman–Crippen LogP) is 4.26. The molecule has 0 saturated heterocycles. The van der Waals surface area contributed by atoms with Gasteiger partial charge in [-0.05, 0) is 12.2 Å².